The van der Waals surface area contributed by atoms with Crippen molar-refractivity contribution >= 4 is 0 Å². The van der Waals surface area contributed by atoms with Gasteiger partial charge in [-0.2, -0.15) is 0 Å². The average Bonchev–Trinajstić information content (AvgIpc) is 2.92. The highest BCUT2D eigenvalue weighted by Gasteiger charge is 2.17. The van der Waals surface area contributed by atoms with E-state index in [-0.39, 0.29) is 0 Å². The molecule has 19 heavy (non-hydrogen) atoms. The van der Waals surface area contributed by atoms with Gasteiger partial charge in [-0.05, 0) is 37.5 Å². The Morgan fingerprint density at radius 2 is 1.89 bits per heavy atom. The minimum absolute atomic E-state index is 0.336. The van der Waals surface area contributed by atoms with Crippen LogP contribution in [0.3, 0.4) is 0 Å². The predicted molar refractivity (Wildman–Crippen MR) is 73.4 cm³/mol. The molecule has 106 valence electrons. The molecule has 0 unspecified atom stereocenters. The lowest BCUT2D eigenvalue weighted by molar-refractivity contribution is 0.0893. The van der Waals surface area contributed by atoms with Crippen molar-refractivity contribution in [2.24, 2.45) is 0 Å². The highest BCUT2D eigenvalue weighted by molar-refractivity contribution is 5.53. The molecule has 1 heterocycles. The molecule has 0 aliphatic carbocycles. The van der Waals surface area contributed by atoms with E-state index < -0.39 is 0 Å². The number of hydrogen-bond acceptors (Lipinski definition) is 4. The van der Waals surface area contributed by atoms with Crippen LogP contribution in [0.5, 0.6) is 17.2 Å². The van der Waals surface area contributed by atoms with Gasteiger partial charge in [0.05, 0.1) is 26.9 Å². The third kappa shape index (κ3) is 3.53. The van der Waals surface area contributed by atoms with Crippen molar-refractivity contribution in [1.29, 1.82) is 0 Å². The van der Waals surface area contributed by atoms with Gasteiger partial charge in [-0.25, -0.2) is 0 Å². The molecule has 0 aromatic heterocycles. The largest absolute Gasteiger partial charge is 0.493 e. The maximum atomic E-state index is 5.84. The monoisotopic (exact) mass is 266 g/mol. The topological polar surface area (TPSA) is 36.9 Å². The number of methoxy groups -OCH3 is 2. The van der Waals surface area contributed by atoms with Gasteiger partial charge in [0.15, 0.2) is 11.5 Å². The molecule has 0 spiro atoms. The summed E-state index contributed by atoms with van der Waals surface area (Å²) in [5.41, 5.74) is 1.08. The Balaban J connectivity index is 2.00. The van der Waals surface area contributed by atoms with Gasteiger partial charge in [-0.1, -0.05) is 0 Å². The summed E-state index contributed by atoms with van der Waals surface area (Å²) in [5, 5.41) is 0. The van der Waals surface area contributed by atoms with E-state index in [1.807, 2.05) is 19.1 Å². The van der Waals surface area contributed by atoms with Gasteiger partial charge in [-0.15, -0.1) is 0 Å². The minimum Gasteiger partial charge on any atom is -0.493 e. The highest BCUT2D eigenvalue weighted by Crippen LogP contribution is 2.38. The van der Waals surface area contributed by atoms with E-state index in [9.17, 15) is 0 Å². The van der Waals surface area contributed by atoms with Gasteiger partial charge in [0.25, 0.3) is 0 Å². The van der Waals surface area contributed by atoms with E-state index in [2.05, 4.69) is 0 Å². The van der Waals surface area contributed by atoms with E-state index in [1.165, 1.54) is 0 Å². The van der Waals surface area contributed by atoms with Crippen LogP contribution in [0.25, 0.3) is 0 Å². The van der Waals surface area contributed by atoms with Crippen LogP contribution in [0, 0.1) is 6.92 Å². The molecule has 0 radical (unpaired) electrons. The van der Waals surface area contributed by atoms with Crippen molar-refractivity contribution in [3.05, 3.63) is 17.7 Å². The average molecular weight is 266 g/mol. The first-order valence-corrected chi connectivity index (χ1v) is 6.71. The van der Waals surface area contributed by atoms with Gasteiger partial charge < -0.3 is 18.9 Å². The molecule has 1 saturated heterocycles. The molecule has 1 atom stereocenters. The van der Waals surface area contributed by atoms with Crippen LogP contribution in [-0.2, 0) is 4.74 Å². The second kappa shape index (κ2) is 6.66. The summed E-state index contributed by atoms with van der Waals surface area (Å²) in [4.78, 5) is 0. The van der Waals surface area contributed by atoms with Crippen molar-refractivity contribution in [2.45, 2.75) is 32.3 Å². The van der Waals surface area contributed by atoms with E-state index >= 15 is 0 Å². The zero-order chi connectivity index (χ0) is 13.7. The van der Waals surface area contributed by atoms with E-state index in [0.717, 1.165) is 31.4 Å². The first-order chi connectivity index (χ1) is 9.24. The fraction of sp³-hybridized carbons (Fsp3) is 0.600. The predicted octanol–water partition coefficient (Wildman–Crippen LogP) is 2.96. The summed E-state index contributed by atoms with van der Waals surface area (Å²) in [6.45, 7) is 3.49. The van der Waals surface area contributed by atoms with E-state index in [1.54, 1.807) is 14.2 Å². The van der Waals surface area contributed by atoms with Gasteiger partial charge in [0.1, 0.15) is 0 Å². The van der Waals surface area contributed by atoms with Crippen LogP contribution in [0.2, 0.25) is 0 Å². The number of rotatable bonds is 6. The highest BCUT2D eigenvalue weighted by atomic mass is 16.5. The van der Waals surface area contributed by atoms with Crippen LogP contribution in [0.15, 0.2) is 12.1 Å². The first-order valence-electron chi connectivity index (χ1n) is 6.71. The van der Waals surface area contributed by atoms with Crippen molar-refractivity contribution in [1.82, 2.24) is 0 Å². The molecule has 1 fully saturated rings. The smallest absolute Gasteiger partial charge is 0.203 e. The molecule has 0 bridgehead atoms. The van der Waals surface area contributed by atoms with Crippen molar-refractivity contribution in [2.75, 3.05) is 27.4 Å². The van der Waals surface area contributed by atoms with Crippen molar-refractivity contribution < 1.29 is 18.9 Å². The number of benzene rings is 1. The van der Waals surface area contributed by atoms with Crippen LogP contribution in [-0.4, -0.2) is 33.5 Å². The van der Waals surface area contributed by atoms with Gasteiger partial charge in [-0.3, -0.25) is 0 Å². The Morgan fingerprint density at radius 3 is 2.42 bits per heavy atom. The second-order valence-electron chi connectivity index (χ2n) is 4.77. The summed E-state index contributed by atoms with van der Waals surface area (Å²) in [6.07, 6.45) is 3.52. The zero-order valence-electron chi connectivity index (χ0n) is 11.9. The summed E-state index contributed by atoms with van der Waals surface area (Å²) in [6, 6.07) is 3.90. The molecule has 4 nitrogen and oxygen atoms in total. The number of ether oxygens (including phenoxy) is 4. The molecule has 0 amide bonds. The van der Waals surface area contributed by atoms with Gasteiger partial charge in [0.2, 0.25) is 5.75 Å². The fourth-order valence-electron chi connectivity index (χ4n) is 2.32. The lowest BCUT2D eigenvalue weighted by Crippen LogP contribution is -2.11. The zero-order valence-corrected chi connectivity index (χ0v) is 11.9. The maximum absolute atomic E-state index is 5.84. The standard InChI is InChI=1S/C15H22O4/c1-11-9-13(16-2)15(14(10-11)17-3)19-8-6-12-5-4-7-18-12/h9-10,12H,4-8H2,1-3H3/t12-/m1/s1. The van der Waals surface area contributed by atoms with Crippen LogP contribution < -0.4 is 14.2 Å². The van der Waals surface area contributed by atoms with Gasteiger partial charge >= 0.3 is 0 Å². The SMILES string of the molecule is COc1cc(C)cc(OC)c1OCC[C@H]1CCCO1. The summed E-state index contributed by atoms with van der Waals surface area (Å²) >= 11 is 0. The second-order valence-corrected chi connectivity index (χ2v) is 4.77. The minimum atomic E-state index is 0.336. The normalized spacial score (nSPS) is 18.4. The fourth-order valence-corrected chi connectivity index (χ4v) is 2.32. The first kappa shape index (κ1) is 14.0. The Morgan fingerprint density at radius 1 is 1.21 bits per heavy atom. The number of hydrogen-bond donors (Lipinski definition) is 0. The molecule has 1 aliphatic rings. The summed E-state index contributed by atoms with van der Waals surface area (Å²) < 4.78 is 22.1. The maximum Gasteiger partial charge on any atom is 0.203 e. The molecule has 0 saturated carbocycles. The van der Waals surface area contributed by atoms with Crippen LogP contribution in [0.4, 0.5) is 0 Å². The molecular formula is C15H22O4. The Hall–Kier alpha value is -1.42. The summed E-state index contributed by atoms with van der Waals surface area (Å²) in [5.74, 6) is 2.10. The van der Waals surface area contributed by atoms with E-state index in [0.29, 0.717) is 30.0 Å². The van der Waals surface area contributed by atoms with Crippen LogP contribution >= 0.6 is 0 Å². The molecule has 1 aliphatic heterocycles. The lowest BCUT2D eigenvalue weighted by atomic mass is 10.2. The van der Waals surface area contributed by atoms with Crippen molar-refractivity contribution in [3.8, 4) is 17.2 Å². The Bertz CT molecular complexity index is 386. The van der Waals surface area contributed by atoms with E-state index in [4.69, 9.17) is 18.9 Å². The molecule has 1 aromatic carbocycles. The third-order valence-electron chi connectivity index (χ3n) is 3.32. The molecule has 1 aromatic rings. The van der Waals surface area contributed by atoms with Crippen LogP contribution in [0.1, 0.15) is 24.8 Å². The molecule has 4 heteroatoms. The van der Waals surface area contributed by atoms with Gasteiger partial charge in [0, 0.05) is 13.0 Å². The Labute approximate surface area is 114 Å². The third-order valence-corrected chi connectivity index (χ3v) is 3.32. The quantitative estimate of drug-likeness (QED) is 0.793. The Kier molecular flexibility index (Phi) is 4.91. The number of aryl methyl sites for hydroxylation is 1. The molecule has 2 rings (SSSR count). The molecule has 0 N–H and O–H groups in total. The summed E-state index contributed by atoms with van der Waals surface area (Å²) in [7, 11) is 3.28. The lowest BCUT2D eigenvalue weighted by Gasteiger charge is -2.16. The van der Waals surface area contributed by atoms with Crippen molar-refractivity contribution in [3.63, 3.8) is 0 Å². The molecular weight excluding hydrogens is 244 g/mol.